The van der Waals surface area contributed by atoms with E-state index in [0.717, 1.165) is 36.5 Å². The Hall–Kier alpha value is -0.990. The van der Waals surface area contributed by atoms with Crippen LogP contribution in [0.2, 0.25) is 0 Å². The summed E-state index contributed by atoms with van der Waals surface area (Å²) in [6, 6.07) is 2.46. The van der Waals surface area contributed by atoms with Crippen LogP contribution in [0, 0.1) is 47.0 Å². The predicted molar refractivity (Wildman–Crippen MR) is 117 cm³/mol. The molecule has 0 spiro atoms. The van der Waals surface area contributed by atoms with Gasteiger partial charge in [0.15, 0.2) is 17.5 Å². The van der Waals surface area contributed by atoms with Crippen LogP contribution >= 0.6 is 0 Å². The first-order valence-electron chi connectivity index (χ1n) is 12.7. The molecule has 0 aliphatic heterocycles. The van der Waals surface area contributed by atoms with Crippen molar-refractivity contribution in [1.29, 1.82) is 0 Å². The molecule has 3 heteroatoms. The maximum atomic E-state index is 13.7. The Kier molecular flexibility index (Phi) is 7.47. The fraction of sp³-hybridized carbons (Fsp3) is 0.778. The van der Waals surface area contributed by atoms with E-state index in [9.17, 15) is 13.2 Å². The zero-order chi connectivity index (χ0) is 21.1. The smallest absolute Gasteiger partial charge is 0.194 e. The van der Waals surface area contributed by atoms with E-state index < -0.39 is 17.5 Å². The second-order valence-electron chi connectivity index (χ2n) is 10.7. The zero-order valence-electron chi connectivity index (χ0n) is 18.7. The quantitative estimate of drug-likeness (QED) is 0.319. The Morgan fingerprint density at radius 3 is 1.93 bits per heavy atom. The highest BCUT2D eigenvalue weighted by Gasteiger charge is 2.39. The van der Waals surface area contributed by atoms with Gasteiger partial charge in [0.2, 0.25) is 0 Å². The molecule has 0 saturated heterocycles. The molecule has 0 nitrogen and oxygen atoms in total. The molecule has 0 aromatic heterocycles. The molecule has 3 aliphatic carbocycles. The van der Waals surface area contributed by atoms with E-state index in [1.807, 2.05) is 0 Å². The van der Waals surface area contributed by atoms with E-state index in [0.29, 0.717) is 11.5 Å². The van der Waals surface area contributed by atoms with Crippen LogP contribution in [0.3, 0.4) is 0 Å². The monoisotopic (exact) mass is 420 g/mol. The van der Waals surface area contributed by atoms with Gasteiger partial charge in [-0.05, 0) is 105 Å². The lowest BCUT2D eigenvalue weighted by Crippen LogP contribution is -2.34. The van der Waals surface area contributed by atoms with E-state index >= 15 is 0 Å². The van der Waals surface area contributed by atoms with Crippen molar-refractivity contribution in [1.82, 2.24) is 0 Å². The van der Waals surface area contributed by atoms with Gasteiger partial charge in [0.1, 0.15) is 0 Å². The summed E-state index contributed by atoms with van der Waals surface area (Å²) >= 11 is 0. The van der Waals surface area contributed by atoms with E-state index in [-0.39, 0.29) is 5.92 Å². The molecule has 30 heavy (non-hydrogen) atoms. The van der Waals surface area contributed by atoms with Crippen LogP contribution in [0.25, 0.3) is 0 Å². The molecule has 168 valence electrons. The third kappa shape index (κ3) is 5.07. The van der Waals surface area contributed by atoms with E-state index in [1.165, 1.54) is 89.2 Å². The minimum Gasteiger partial charge on any atom is -0.204 e. The molecule has 0 bridgehead atoms. The van der Waals surface area contributed by atoms with Gasteiger partial charge in [-0.25, -0.2) is 13.2 Å². The first-order valence-corrected chi connectivity index (χ1v) is 12.7. The number of halogens is 3. The van der Waals surface area contributed by atoms with Crippen LogP contribution in [-0.4, -0.2) is 0 Å². The summed E-state index contributed by atoms with van der Waals surface area (Å²) < 4.78 is 40.7. The van der Waals surface area contributed by atoms with Gasteiger partial charge in [-0.2, -0.15) is 0 Å². The van der Waals surface area contributed by atoms with Crippen LogP contribution in [0.5, 0.6) is 0 Å². The van der Waals surface area contributed by atoms with Crippen molar-refractivity contribution in [3.8, 4) is 0 Å². The van der Waals surface area contributed by atoms with E-state index in [1.54, 1.807) is 0 Å². The Bertz CT molecular complexity index is 668. The van der Waals surface area contributed by atoms with Crippen molar-refractivity contribution in [3.63, 3.8) is 0 Å². The fourth-order valence-electron chi connectivity index (χ4n) is 7.10. The molecule has 3 aliphatic rings. The summed E-state index contributed by atoms with van der Waals surface area (Å²) in [6.45, 7) is 2.29. The SMILES string of the molecule is CCCCCC1CCC(C2CCC3CC(c4cc(F)c(F)c(F)c4)CCC3C2)CC1. The van der Waals surface area contributed by atoms with Gasteiger partial charge < -0.3 is 0 Å². The number of hydrogen-bond acceptors (Lipinski definition) is 0. The summed E-state index contributed by atoms with van der Waals surface area (Å²) in [4.78, 5) is 0. The van der Waals surface area contributed by atoms with Crippen molar-refractivity contribution in [2.75, 3.05) is 0 Å². The maximum absolute atomic E-state index is 13.7. The Morgan fingerprint density at radius 1 is 0.700 bits per heavy atom. The molecule has 0 amide bonds. The first-order chi connectivity index (χ1) is 14.5. The highest BCUT2D eigenvalue weighted by Crippen LogP contribution is 2.51. The number of fused-ring (bicyclic) bond motifs is 1. The fourth-order valence-corrected chi connectivity index (χ4v) is 7.10. The molecule has 0 radical (unpaired) electrons. The van der Waals surface area contributed by atoms with Crippen molar-refractivity contribution in [3.05, 3.63) is 35.1 Å². The van der Waals surface area contributed by atoms with Crippen LogP contribution < -0.4 is 0 Å². The molecule has 3 fully saturated rings. The second kappa shape index (κ2) is 10.1. The average molecular weight is 421 g/mol. The topological polar surface area (TPSA) is 0 Å². The molecule has 3 saturated carbocycles. The van der Waals surface area contributed by atoms with E-state index in [2.05, 4.69) is 6.92 Å². The Balaban J connectivity index is 1.27. The molecule has 4 unspecified atom stereocenters. The summed E-state index contributed by atoms with van der Waals surface area (Å²) in [5.74, 6) is 1.06. The van der Waals surface area contributed by atoms with Gasteiger partial charge in [0, 0.05) is 0 Å². The average Bonchev–Trinajstić information content (AvgIpc) is 2.77. The Morgan fingerprint density at radius 2 is 1.27 bits per heavy atom. The summed E-state index contributed by atoms with van der Waals surface area (Å²) in [6.07, 6.45) is 18.5. The minimum absolute atomic E-state index is 0.186. The number of unbranched alkanes of at least 4 members (excludes halogenated alkanes) is 2. The minimum atomic E-state index is -1.34. The van der Waals surface area contributed by atoms with Crippen molar-refractivity contribution < 1.29 is 13.2 Å². The van der Waals surface area contributed by atoms with Crippen LogP contribution in [0.15, 0.2) is 12.1 Å². The molecule has 0 N–H and O–H groups in total. The van der Waals surface area contributed by atoms with Gasteiger partial charge in [-0.1, -0.05) is 45.4 Å². The largest absolute Gasteiger partial charge is 0.204 e. The lowest BCUT2D eigenvalue weighted by atomic mass is 9.60. The maximum Gasteiger partial charge on any atom is 0.194 e. The van der Waals surface area contributed by atoms with Crippen LogP contribution in [0.4, 0.5) is 13.2 Å². The molecule has 0 heterocycles. The number of hydrogen-bond donors (Lipinski definition) is 0. The van der Waals surface area contributed by atoms with Crippen molar-refractivity contribution in [2.45, 2.75) is 103 Å². The number of rotatable bonds is 6. The van der Waals surface area contributed by atoms with Gasteiger partial charge in [0.05, 0.1) is 0 Å². The van der Waals surface area contributed by atoms with Gasteiger partial charge in [-0.15, -0.1) is 0 Å². The highest BCUT2D eigenvalue weighted by molar-refractivity contribution is 5.24. The van der Waals surface area contributed by atoms with Crippen LogP contribution in [0.1, 0.15) is 108 Å². The summed E-state index contributed by atoms with van der Waals surface area (Å²) in [5, 5.41) is 0. The summed E-state index contributed by atoms with van der Waals surface area (Å²) in [5.41, 5.74) is 0.661. The normalized spacial score (nSPS) is 34.5. The number of benzene rings is 1. The zero-order valence-corrected chi connectivity index (χ0v) is 18.7. The van der Waals surface area contributed by atoms with E-state index in [4.69, 9.17) is 0 Å². The first kappa shape index (κ1) is 22.2. The molecular formula is C27H39F3. The molecule has 4 rings (SSSR count). The van der Waals surface area contributed by atoms with Gasteiger partial charge >= 0.3 is 0 Å². The van der Waals surface area contributed by atoms with Gasteiger partial charge in [-0.3, -0.25) is 0 Å². The Labute approximate surface area is 181 Å². The van der Waals surface area contributed by atoms with Gasteiger partial charge in [0.25, 0.3) is 0 Å². The van der Waals surface area contributed by atoms with Crippen LogP contribution in [-0.2, 0) is 0 Å². The second-order valence-corrected chi connectivity index (χ2v) is 10.7. The molecule has 1 aromatic carbocycles. The molecule has 1 aromatic rings. The van der Waals surface area contributed by atoms with Crippen molar-refractivity contribution in [2.24, 2.45) is 29.6 Å². The summed E-state index contributed by atoms with van der Waals surface area (Å²) in [7, 11) is 0. The lowest BCUT2D eigenvalue weighted by molar-refractivity contribution is 0.0709. The predicted octanol–water partition coefficient (Wildman–Crippen LogP) is 8.79. The molecular weight excluding hydrogens is 381 g/mol. The van der Waals surface area contributed by atoms with Crippen molar-refractivity contribution >= 4 is 0 Å². The third-order valence-corrected chi connectivity index (χ3v) is 8.91. The highest BCUT2D eigenvalue weighted by atomic mass is 19.2. The third-order valence-electron chi connectivity index (χ3n) is 8.91. The standard InChI is InChI=1S/C27H39F3/c1-2-3-4-5-18-6-8-19(9-7-18)20-10-11-22-15-23(13-12-21(22)14-20)24-16-25(28)27(30)26(29)17-24/h16-23H,2-15H2,1H3. The molecule has 4 atom stereocenters. The lowest BCUT2D eigenvalue weighted by Gasteiger charge is -2.45.